The van der Waals surface area contributed by atoms with E-state index in [2.05, 4.69) is 27.3 Å². The number of piperazine rings is 1. The number of sulfone groups is 1. The molecule has 1 N–H and O–H groups in total. The van der Waals surface area contributed by atoms with Gasteiger partial charge in [0.15, 0.2) is 9.84 Å². The maximum atomic E-state index is 12.8. The van der Waals surface area contributed by atoms with Gasteiger partial charge in [-0.25, -0.2) is 8.42 Å². The first-order chi connectivity index (χ1) is 14.2. The van der Waals surface area contributed by atoms with Crippen molar-refractivity contribution in [3.05, 3.63) is 41.2 Å². The highest BCUT2D eigenvalue weighted by Crippen LogP contribution is 2.29. The van der Waals surface area contributed by atoms with Gasteiger partial charge in [-0.2, -0.15) is 5.10 Å². The Balaban J connectivity index is 1.46. The number of aromatic nitrogens is 2. The average molecular weight is 432 g/mol. The predicted molar refractivity (Wildman–Crippen MR) is 118 cm³/mol. The lowest BCUT2D eigenvalue weighted by atomic mass is 10.1. The standard InChI is InChI=1S/C21H29N5O3S/c1-15-20(16(2)26(23-15)19-8-13-30(28,29)14-19)22-21(27)17-4-6-18(7-5-17)25-11-9-24(3)10-12-25/h4-7,19H,8-14H2,1-3H3,(H,22,27). The molecular formula is C21H29N5O3S. The average Bonchev–Trinajstić information content (AvgIpc) is 3.22. The first-order valence-electron chi connectivity index (χ1n) is 10.3. The number of carbonyl (C=O) groups is 1. The summed E-state index contributed by atoms with van der Waals surface area (Å²) in [7, 11) is -0.874. The molecule has 1 unspecified atom stereocenters. The molecule has 1 amide bonds. The fourth-order valence-corrected chi connectivity index (χ4v) is 5.93. The number of benzene rings is 1. The van der Waals surface area contributed by atoms with E-state index in [4.69, 9.17) is 0 Å². The van der Waals surface area contributed by atoms with E-state index in [0.29, 0.717) is 23.4 Å². The molecule has 2 fully saturated rings. The zero-order valence-electron chi connectivity index (χ0n) is 17.8. The van der Waals surface area contributed by atoms with E-state index in [0.717, 1.165) is 37.6 Å². The van der Waals surface area contributed by atoms with Gasteiger partial charge in [0.1, 0.15) is 0 Å². The number of likely N-dealkylation sites (N-methyl/N-ethyl adjacent to an activating group) is 1. The minimum Gasteiger partial charge on any atom is -0.369 e. The number of amides is 1. The first-order valence-corrected chi connectivity index (χ1v) is 12.2. The van der Waals surface area contributed by atoms with Crippen LogP contribution in [0.2, 0.25) is 0 Å². The Morgan fingerprint density at radius 3 is 2.37 bits per heavy atom. The summed E-state index contributed by atoms with van der Waals surface area (Å²) < 4.78 is 25.4. The molecule has 3 heterocycles. The van der Waals surface area contributed by atoms with Crippen LogP contribution in [0.15, 0.2) is 24.3 Å². The first kappa shape index (κ1) is 20.9. The normalized spacial score (nSPS) is 21.7. The Kier molecular flexibility index (Phi) is 5.59. The van der Waals surface area contributed by atoms with Gasteiger partial charge in [0, 0.05) is 37.4 Å². The minimum absolute atomic E-state index is 0.107. The van der Waals surface area contributed by atoms with Crippen LogP contribution in [0.5, 0.6) is 0 Å². The molecule has 1 aromatic heterocycles. The second kappa shape index (κ2) is 8.03. The van der Waals surface area contributed by atoms with E-state index in [1.54, 1.807) is 4.68 Å². The molecule has 1 aromatic carbocycles. The van der Waals surface area contributed by atoms with E-state index in [9.17, 15) is 13.2 Å². The molecular weight excluding hydrogens is 402 g/mol. The van der Waals surface area contributed by atoms with Crippen molar-refractivity contribution in [3.8, 4) is 0 Å². The molecule has 2 aliphatic heterocycles. The zero-order valence-corrected chi connectivity index (χ0v) is 18.6. The van der Waals surface area contributed by atoms with Crippen molar-refractivity contribution in [2.75, 3.05) is 54.9 Å². The lowest BCUT2D eigenvalue weighted by Gasteiger charge is -2.34. The summed E-state index contributed by atoms with van der Waals surface area (Å²) in [6.45, 7) is 7.74. The largest absolute Gasteiger partial charge is 0.369 e. The molecule has 4 rings (SSSR count). The molecule has 0 bridgehead atoms. The summed E-state index contributed by atoms with van der Waals surface area (Å²) >= 11 is 0. The number of hydrogen-bond acceptors (Lipinski definition) is 6. The van der Waals surface area contributed by atoms with Crippen LogP contribution in [0.3, 0.4) is 0 Å². The number of carbonyl (C=O) groups excluding carboxylic acids is 1. The molecule has 2 aliphatic rings. The highest BCUT2D eigenvalue weighted by molar-refractivity contribution is 7.91. The Labute approximate surface area is 177 Å². The summed E-state index contributed by atoms with van der Waals surface area (Å²) in [5.41, 5.74) is 3.86. The van der Waals surface area contributed by atoms with Crippen LogP contribution in [0.1, 0.15) is 34.2 Å². The fraction of sp³-hybridized carbons (Fsp3) is 0.524. The topological polar surface area (TPSA) is 87.5 Å². The molecule has 0 saturated carbocycles. The van der Waals surface area contributed by atoms with Crippen molar-refractivity contribution in [3.63, 3.8) is 0 Å². The molecule has 2 aromatic rings. The molecule has 162 valence electrons. The van der Waals surface area contributed by atoms with Gasteiger partial charge < -0.3 is 15.1 Å². The number of aryl methyl sites for hydroxylation is 1. The van der Waals surface area contributed by atoms with Gasteiger partial charge in [-0.3, -0.25) is 9.48 Å². The van der Waals surface area contributed by atoms with Gasteiger partial charge in [-0.05, 0) is 51.6 Å². The van der Waals surface area contributed by atoms with Gasteiger partial charge in [0.05, 0.1) is 34.6 Å². The van der Waals surface area contributed by atoms with Crippen LogP contribution in [0.4, 0.5) is 11.4 Å². The van der Waals surface area contributed by atoms with Crippen molar-refractivity contribution < 1.29 is 13.2 Å². The van der Waals surface area contributed by atoms with E-state index in [-0.39, 0.29) is 23.5 Å². The summed E-state index contributed by atoms with van der Waals surface area (Å²) in [4.78, 5) is 17.5. The minimum atomic E-state index is -3.00. The summed E-state index contributed by atoms with van der Waals surface area (Å²) in [6, 6.07) is 7.52. The Hall–Kier alpha value is -2.39. The van der Waals surface area contributed by atoms with Crippen molar-refractivity contribution in [1.29, 1.82) is 0 Å². The fourth-order valence-electron chi connectivity index (χ4n) is 4.24. The molecule has 0 radical (unpaired) electrons. The van der Waals surface area contributed by atoms with Crippen LogP contribution in [0.25, 0.3) is 0 Å². The second-order valence-electron chi connectivity index (χ2n) is 8.34. The molecule has 1 atom stereocenters. The molecule has 8 nitrogen and oxygen atoms in total. The lowest BCUT2D eigenvalue weighted by molar-refractivity contribution is 0.102. The zero-order chi connectivity index (χ0) is 21.5. The molecule has 30 heavy (non-hydrogen) atoms. The van der Waals surface area contributed by atoms with Gasteiger partial charge in [-0.1, -0.05) is 0 Å². The number of nitrogens with zero attached hydrogens (tertiary/aromatic N) is 4. The number of anilines is 2. The summed E-state index contributed by atoms with van der Waals surface area (Å²) in [6.07, 6.45) is 0.561. The summed E-state index contributed by atoms with van der Waals surface area (Å²) in [5, 5.41) is 7.48. The number of nitrogens with one attached hydrogen (secondary N) is 1. The highest BCUT2D eigenvalue weighted by Gasteiger charge is 2.31. The maximum absolute atomic E-state index is 12.8. The van der Waals surface area contributed by atoms with Crippen LogP contribution < -0.4 is 10.2 Å². The van der Waals surface area contributed by atoms with Crippen molar-refractivity contribution >= 4 is 27.1 Å². The lowest BCUT2D eigenvalue weighted by Crippen LogP contribution is -2.44. The SMILES string of the molecule is Cc1nn(C2CCS(=O)(=O)C2)c(C)c1NC(=O)c1ccc(N2CCN(C)CC2)cc1. The Morgan fingerprint density at radius 1 is 1.10 bits per heavy atom. The monoisotopic (exact) mass is 431 g/mol. The molecule has 0 spiro atoms. The van der Waals surface area contributed by atoms with Crippen LogP contribution in [0, 0.1) is 13.8 Å². The van der Waals surface area contributed by atoms with E-state index in [1.807, 2.05) is 38.1 Å². The van der Waals surface area contributed by atoms with E-state index in [1.165, 1.54) is 0 Å². The van der Waals surface area contributed by atoms with Crippen LogP contribution in [-0.2, 0) is 9.84 Å². The van der Waals surface area contributed by atoms with Crippen LogP contribution >= 0.6 is 0 Å². The van der Waals surface area contributed by atoms with Gasteiger partial charge in [-0.15, -0.1) is 0 Å². The van der Waals surface area contributed by atoms with Crippen molar-refractivity contribution in [2.45, 2.75) is 26.3 Å². The summed E-state index contributed by atoms with van der Waals surface area (Å²) in [5.74, 6) is 0.109. The van der Waals surface area contributed by atoms with Gasteiger partial charge in [0.2, 0.25) is 0 Å². The quantitative estimate of drug-likeness (QED) is 0.795. The maximum Gasteiger partial charge on any atom is 0.255 e. The second-order valence-corrected chi connectivity index (χ2v) is 10.6. The van der Waals surface area contributed by atoms with Gasteiger partial charge in [0.25, 0.3) is 5.91 Å². The third-order valence-corrected chi connectivity index (χ3v) is 7.87. The van der Waals surface area contributed by atoms with Crippen LogP contribution in [-0.4, -0.2) is 73.7 Å². The smallest absolute Gasteiger partial charge is 0.255 e. The number of hydrogen-bond donors (Lipinski definition) is 1. The molecule has 9 heteroatoms. The molecule has 0 aliphatic carbocycles. The highest BCUT2D eigenvalue weighted by atomic mass is 32.2. The van der Waals surface area contributed by atoms with Crippen molar-refractivity contribution in [2.24, 2.45) is 0 Å². The predicted octanol–water partition coefficient (Wildman–Crippen LogP) is 1.86. The Bertz CT molecular complexity index is 1040. The van der Waals surface area contributed by atoms with Crippen molar-refractivity contribution in [1.82, 2.24) is 14.7 Å². The van der Waals surface area contributed by atoms with E-state index >= 15 is 0 Å². The molecule has 2 saturated heterocycles. The number of rotatable bonds is 4. The third-order valence-electron chi connectivity index (χ3n) is 6.12. The van der Waals surface area contributed by atoms with Gasteiger partial charge >= 0.3 is 0 Å². The third kappa shape index (κ3) is 4.22. The van der Waals surface area contributed by atoms with E-state index < -0.39 is 9.84 Å². The Morgan fingerprint density at radius 2 is 1.77 bits per heavy atom.